The van der Waals surface area contributed by atoms with Crippen LogP contribution in [0.5, 0.6) is 0 Å². The van der Waals surface area contributed by atoms with Crippen molar-refractivity contribution in [2.24, 2.45) is 0 Å². The van der Waals surface area contributed by atoms with Gasteiger partial charge in [-0.25, -0.2) is 0 Å². The predicted molar refractivity (Wildman–Crippen MR) is 108 cm³/mol. The molecule has 2 heterocycles. The molecule has 0 unspecified atom stereocenters. The zero-order valence-corrected chi connectivity index (χ0v) is 14.1. The summed E-state index contributed by atoms with van der Waals surface area (Å²) in [6.45, 7) is 0. The highest BCUT2D eigenvalue weighted by molar-refractivity contribution is 6.19. The molecule has 2 heteroatoms. The van der Waals surface area contributed by atoms with Crippen LogP contribution in [0, 0.1) is 0 Å². The van der Waals surface area contributed by atoms with Crippen LogP contribution in [0.3, 0.4) is 0 Å². The third-order valence-corrected chi connectivity index (χ3v) is 4.76. The van der Waals surface area contributed by atoms with Gasteiger partial charge in [0, 0.05) is 28.9 Å². The van der Waals surface area contributed by atoms with E-state index in [1.54, 1.807) is 0 Å². The zero-order chi connectivity index (χ0) is 17.3. The Bertz CT molecular complexity index is 1060. The fraction of sp³-hybridized carbons (Fsp3) is 0. The first-order chi connectivity index (χ1) is 12.9. The molecule has 0 atom stereocenters. The molecule has 0 radical (unpaired) electrons. The van der Waals surface area contributed by atoms with E-state index in [0.29, 0.717) is 0 Å². The topological polar surface area (TPSA) is 25.8 Å². The van der Waals surface area contributed by atoms with E-state index in [1.807, 2.05) is 36.7 Å². The largest absolute Gasteiger partial charge is 0.256 e. The summed E-state index contributed by atoms with van der Waals surface area (Å²) in [6, 6.07) is 29.2. The first-order valence-electron chi connectivity index (χ1n) is 8.70. The fourth-order valence-electron chi connectivity index (χ4n) is 3.68. The Morgan fingerprint density at radius 1 is 0.462 bits per heavy atom. The van der Waals surface area contributed by atoms with Gasteiger partial charge in [0.25, 0.3) is 0 Å². The second-order valence-corrected chi connectivity index (χ2v) is 6.28. The number of hydrogen-bond donors (Lipinski definition) is 0. The van der Waals surface area contributed by atoms with E-state index in [-0.39, 0.29) is 0 Å². The van der Waals surface area contributed by atoms with Gasteiger partial charge in [-0.2, -0.15) is 0 Å². The number of rotatable bonds is 2. The van der Waals surface area contributed by atoms with Gasteiger partial charge in [-0.05, 0) is 34.5 Å². The molecule has 0 fully saturated rings. The van der Waals surface area contributed by atoms with Crippen LogP contribution in [0.1, 0.15) is 0 Å². The van der Waals surface area contributed by atoms with E-state index in [4.69, 9.17) is 4.98 Å². The average Bonchev–Trinajstić information content (AvgIpc) is 2.73. The third kappa shape index (κ3) is 2.27. The smallest absolute Gasteiger partial charge is 0.0793 e. The molecule has 0 aliphatic heterocycles. The summed E-state index contributed by atoms with van der Waals surface area (Å²) < 4.78 is 0. The number of hydrogen-bond acceptors (Lipinski definition) is 2. The number of benzene rings is 3. The highest BCUT2D eigenvalue weighted by Gasteiger charge is 2.17. The van der Waals surface area contributed by atoms with Crippen LogP contribution < -0.4 is 0 Å². The summed E-state index contributed by atoms with van der Waals surface area (Å²) in [5, 5.41) is 3.53. The molecular formula is C24H16N2. The molecule has 26 heavy (non-hydrogen) atoms. The first kappa shape index (κ1) is 14.8. The molecule has 2 nitrogen and oxygen atoms in total. The minimum Gasteiger partial charge on any atom is -0.256 e. The van der Waals surface area contributed by atoms with Gasteiger partial charge < -0.3 is 0 Å². The molecular weight excluding hydrogens is 316 g/mol. The van der Waals surface area contributed by atoms with Crippen LogP contribution in [-0.4, -0.2) is 9.97 Å². The van der Waals surface area contributed by atoms with Crippen LogP contribution in [0.4, 0.5) is 0 Å². The molecule has 5 aromatic rings. The maximum Gasteiger partial charge on any atom is 0.0793 e. The van der Waals surface area contributed by atoms with E-state index in [9.17, 15) is 0 Å². The number of nitrogens with zero attached hydrogens (tertiary/aromatic N) is 2. The van der Waals surface area contributed by atoms with Crippen molar-refractivity contribution in [2.75, 3.05) is 0 Å². The summed E-state index contributed by atoms with van der Waals surface area (Å²) in [7, 11) is 0. The van der Waals surface area contributed by atoms with Crippen molar-refractivity contribution < 1.29 is 0 Å². The highest BCUT2D eigenvalue weighted by atomic mass is 14.7. The number of pyridine rings is 2. The van der Waals surface area contributed by atoms with Gasteiger partial charge in [-0.1, -0.05) is 66.7 Å². The average molecular weight is 332 g/mol. The third-order valence-electron chi connectivity index (χ3n) is 4.76. The van der Waals surface area contributed by atoms with E-state index in [0.717, 1.165) is 22.2 Å². The first-order valence-corrected chi connectivity index (χ1v) is 8.70. The molecule has 0 spiro atoms. The van der Waals surface area contributed by atoms with Gasteiger partial charge in [0.2, 0.25) is 0 Å². The Morgan fingerprint density at radius 3 is 1.88 bits per heavy atom. The number of fused-ring (bicyclic) bond motifs is 2. The molecule has 0 aliphatic rings. The van der Waals surface area contributed by atoms with E-state index in [2.05, 4.69) is 65.6 Å². The van der Waals surface area contributed by atoms with Crippen molar-refractivity contribution in [3.05, 3.63) is 97.3 Å². The monoisotopic (exact) mass is 332 g/mol. The van der Waals surface area contributed by atoms with E-state index < -0.39 is 0 Å². The van der Waals surface area contributed by atoms with E-state index >= 15 is 0 Å². The lowest BCUT2D eigenvalue weighted by Gasteiger charge is -2.16. The Labute approximate surface area is 151 Å². The maximum absolute atomic E-state index is 4.77. The Morgan fingerprint density at radius 2 is 1.12 bits per heavy atom. The predicted octanol–water partition coefficient (Wildman–Crippen LogP) is 6.12. The summed E-state index contributed by atoms with van der Waals surface area (Å²) in [4.78, 5) is 9.39. The molecule has 122 valence electrons. The minimum atomic E-state index is 0.973. The van der Waals surface area contributed by atoms with Crippen molar-refractivity contribution in [1.82, 2.24) is 9.97 Å². The highest BCUT2D eigenvalue weighted by Crippen LogP contribution is 2.41. The normalized spacial score (nSPS) is 11.1. The maximum atomic E-state index is 4.77. The van der Waals surface area contributed by atoms with Crippen LogP contribution in [0.25, 0.3) is 44.1 Å². The molecule has 0 amide bonds. The van der Waals surface area contributed by atoms with Gasteiger partial charge >= 0.3 is 0 Å². The Balaban J connectivity index is 2.02. The summed E-state index contributed by atoms with van der Waals surface area (Å²) in [5.74, 6) is 0. The molecule has 0 saturated heterocycles. The minimum absolute atomic E-state index is 0.973. The lowest BCUT2D eigenvalue weighted by molar-refractivity contribution is 1.33. The lowest BCUT2D eigenvalue weighted by atomic mass is 9.89. The quantitative estimate of drug-likeness (QED) is 0.364. The van der Waals surface area contributed by atoms with Crippen LogP contribution in [0.2, 0.25) is 0 Å². The standard InChI is InChI=1S/C24H16N2/c1-2-9-17(10-3-1)22-18-11-4-5-12-19(18)23(21-14-6-7-15-25-21)20-13-8-16-26-24(20)22/h1-16H. The van der Waals surface area contributed by atoms with Crippen molar-refractivity contribution in [3.63, 3.8) is 0 Å². The summed E-state index contributed by atoms with van der Waals surface area (Å²) in [6.07, 6.45) is 3.71. The van der Waals surface area contributed by atoms with Crippen LogP contribution in [0.15, 0.2) is 97.3 Å². The van der Waals surface area contributed by atoms with E-state index in [1.165, 1.54) is 21.9 Å². The lowest BCUT2D eigenvalue weighted by Crippen LogP contribution is -1.93. The molecule has 5 rings (SSSR count). The van der Waals surface area contributed by atoms with Crippen molar-refractivity contribution in [1.29, 1.82) is 0 Å². The van der Waals surface area contributed by atoms with Gasteiger partial charge in [-0.15, -0.1) is 0 Å². The molecule has 0 N–H and O–H groups in total. The second kappa shape index (κ2) is 6.08. The Kier molecular flexibility index (Phi) is 3.46. The SMILES string of the molecule is c1ccc(-c2c3ccccc3c(-c3ccccn3)c3cccnc23)cc1. The summed E-state index contributed by atoms with van der Waals surface area (Å²) >= 11 is 0. The van der Waals surface area contributed by atoms with Gasteiger partial charge in [0.1, 0.15) is 0 Å². The Hall–Kier alpha value is -3.52. The van der Waals surface area contributed by atoms with Gasteiger partial charge in [-0.3, -0.25) is 9.97 Å². The molecule has 3 aromatic carbocycles. The molecule has 0 aliphatic carbocycles. The zero-order valence-electron chi connectivity index (χ0n) is 14.1. The molecule has 2 aromatic heterocycles. The van der Waals surface area contributed by atoms with Crippen molar-refractivity contribution in [2.45, 2.75) is 0 Å². The second-order valence-electron chi connectivity index (χ2n) is 6.28. The molecule has 0 bridgehead atoms. The van der Waals surface area contributed by atoms with Crippen molar-refractivity contribution in [3.8, 4) is 22.4 Å². The summed E-state index contributed by atoms with van der Waals surface area (Å²) in [5.41, 5.74) is 5.49. The van der Waals surface area contributed by atoms with Gasteiger partial charge in [0.15, 0.2) is 0 Å². The van der Waals surface area contributed by atoms with Crippen LogP contribution in [-0.2, 0) is 0 Å². The molecule has 0 saturated carbocycles. The van der Waals surface area contributed by atoms with Crippen molar-refractivity contribution >= 4 is 21.7 Å². The van der Waals surface area contributed by atoms with Gasteiger partial charge in [0.05, 0.1) is 11.2 Å². The van der Waals surface area contributed by atoms with Crippen LogP contribution >= 0.6 is 0 Å². The number of aromatic nitrogens is 2. The fourth-order valence-corrected chi connectivity index (χ4v) is 3.68.